The van der Waals surface area contributed by atoms with Crippen LogP contribution in [-0.2, 0) is 14.3 Å². The lowest BCUT2D eigenvalue weighted by Gasteiger charge is -2.00. The van der Waals surface area contributed by atoms with E-state index < -0.39 is 10.1 Å². The first-order chi connectivity index (χ1) is 4.95. The molecule has 0 saturated heterocycles. The van der Waals surface area contributed by atoms with Crippen molar-refractivity contribution in [3.8, 4) is 0 Å². The van der Waals surface area contributed by atoms with E-state index in [4.69, 9.17) is 11.6 Å². The van der Waals surface area contributed by atoms with Crippen LogP contribution >= 0.6 is 11.6 Å². The predicted molar refractivity (Wildman–Crippen MR) is 45.0 cm³/mol. The fourth-order valence-electron chi connectivity index (χ4n) is 0.531. The Morgan fingerprint density at radius 3 is 2.55 bits per heavy atom. The maximum atomic E-state index is 10.5. The van der Waals surface area contributed by atoms with Crippen molar-refractivity contribution in [1.82, 2.24) is 0 Å². The van der Waals surface area contributed by atoms with Crippen LogP contribution in [0, 0.1) is 0 Å². The maximum Gasteiger partial charge on any atom is 0.305 e. The van der Waals surface area contributed by atoms with Crippen molar-refractivity contribution >= 4 is 21.7 Å². The van der Waals surface area contributed by atoms with Crippen molar-refractivity contribution in [2.45, 2.75) is 13.3 Å². The Morgan fingerprint density at radius 1 is 1.64 bits per heavy atom. The molecule has 0 aromatic heterocycles. The molecule has 11 heavy (non-hydrogen) atoms. The summed E-state index contributed by atoms with van der Waals surface area (Å²) in [4.78, 5) is 0. The van der Waals surface area contributed by atoms with Crippen LogP contribution in [-0.4, -0.2) is 20.6 Å². The van der Waals surface area contributed by atoms with Gasteiger partial charge in [0.25, 0.3) is 0 Å². The molecule has 0 atom stereocenters. The number of halogens is 1. The van der Waals surface area contributed by atoms with Gasteiger partial charge in [-0.15, -0.1) is 11.6 Å². The summed E-state index contributed by atoms with van der Waals surface area (Å²) in [5.41, 5.74) is 0. The van der Waals surface area contributed by atoms with Crippen molar-refractivity contribution in [2.24, 2.45) is 0 Å². The second-order valence-electron chi connectivity index (χ2n) is 2.08. The van der Waals surface area contributed by atoms with Gasteiger partial charge in [-0.3, -0.25) is 0 Å². The van der Waals surface area contributed by atoms with Crippen LogP contribution in [0.4, 0.5) is 0 Å². The Morgan fingerprint density at radius 2 is 2.18 bits per heavy atom. The van der Waals surface area contributed by atoms with Gasteiger partial charge < -0.3 is 4.18 Å². The van der Waals surface area contributed by atoms with Crippen LogP contribution in [0.3, 0.4) is 0 Å². The molecule has 0 heterocycles. The van der Waals surface area contributed by atoms with E-state index in [1.54, 1.807) is 13.0 Å². The summed E-state index contributed by atoms with van der Waals surface area (Å²) >= 11 is 5.37. The highest BCUT2D eigenvalue weighted by Crippen LogP contribution is 2.02. The Balaban J connectivity index is 3.97. The molecular formula is C6H11ClO3S. The second-order valence-corrected chi connectivity index (χ2v) is 4.03. The van der Waals surface area contributed by atoms with Crippen molar-refractivity contribution in [1.29, 1.82) is 0 Å². The van der Waals surface area contributed by atoms with Gasteiger partial charge in [0, 0.05) is 5.88 Å². The molecule has 3 nitrogen and oxygen atoms in total. The molecule has 0 aromatic carbocycles. The van der Waals surface area contributed by atoms with Gasteiger partial charge in [-0.05, 0) is 19.4 Å². The SMILES string of the molecule is C/C(=C\CCCl)OS(C)(=O)=O. The van der Waals surface area contributed by atoms with E-state index in [0.717, 1.165) is 6.26 Å². The standard InChI is InChI=1S/C6H11ClO3S/c1-6(4-3-5-7)10-11(2,8)9/h4H,3,5H2,1-2H3/b6-4+. The molecule has 0 aromatic rings. The Labute approximate surface area is 72.1 Å². The van der Waals surface area contributed by atoms with Crippen molar-refractivity contribution in [3.63, 3.8) is 0 Å². The van der Waals surface area contributed by atoms with Gasteiger partial charge in [0.15, 0.2) is 0 Å². The van der Waals surface area contributed by atoms with E-state index in [1.807, 2.05) is 0 Å². The van der Waals surface area contributed by atoms with E-state index in [1.165, 1.54) is 0 Å². The van der Waals surface area contributed by atoms with Gasteiger partial charge in [-0.2, -0.15) is 8.42 Å². The van der Waals surface area contributed by atoms with E-state index >= 15 is 0 Å². The molecule has 0 amide bonds. The fraction of sp³-hybridized carbons (Fsp3) is 0.667. The monoisotopic (exact) mass is 198 g/mol. The number of allylic oxidation sites excluding steroid dienone is 2. The second kappa shape index (κ2) is 4.62. The highest BCUT2D eigenvalue weighted by molar-refractivity contribution is 7.86. The summed E-state index contributed by atoms with van der Waals surface area (Å²) < 4.78 is 25.5. The summed E-state index contributed by atoms with van der Waals surface area (Å²) in [6.07, 6.45) is 3.25. The molecule has 5 heteroatoms. The van der Waals surface area contributed by atoms with Gasteiger partial charge in [-0.1, -0.05) is 0 Å². The highest BCUT2D eigenvalue weighted by Gasteiger charge is 2.01. The zero-order valence-electron chi connectivity index (χ0n) is 6.50. The van der Waals surface area contributed by atoms with Gasteiger partial charge in [-0.25, -0.2) is 0 Å². The number of rotatable bonds is 4. The first-order valence-corrected chi connectivity index (χ1v) is 5.43. The smallest absolute Gasteiger partial charge is 0.305 e. The maximum absolute atomic E-state index is 10.5. The average Bonchev–Trinajstić information content (AvgIpc) is 1.79. The Hall–Kier alpha value is -0.220. The van der Waals surface area contributed by atoms with E-state index in [2.05, 4.69) is 4.18 Å². The molecule has 0 N–H and O–H groups in total. The minimum Gasteiger partial charge on any atom is -0.388 e. The lowest BCUT2D eigenvalue weighted by atomic mass is 10.4. The van der Waals surface area contributed by atoms with Gasteiger partial charge in [0.2, 0.25) is 0 Å². The van der Waals surface area contributed by atoms with Crippen molar-refractivity contribution in [2.75, 3.05) is 12.1 Å². The van der Waals surface area contributed by atoms with Crippen molar-refractivity contribution < 1.29 is 12.6 Å². The summed E-state index contributed by atoms with van der Waals surface area (Å²) in [6, 6.07) is 0. The molecule has 0 bridgehead atoms. The molecule has 0 rings (SSSR count). The number of alkyl halides is 1. The molecule has 0 aliphatic rings. The van der Waals surface area contributed by atoms with Gasteiger partial charge >= 0.3 is 10.1 Å². The first-order valence-electron chi connectivity index (χ1n) is 3.08. The molecule has 0 unspecified atom stereocenters. The Kier molecular flexibility index (Phi) is 4.52. The minimum atomic E-state index is -3.37. The first kappa shape index (κ1) is 10.8. The number of hydrogen-bond donors (Lipinski definition) is 0. The van der Waals surface area contributed by atoms with E-state index in [0.29, 0.717) is 18.1 Å². The van der Waals surface area contributed by atoms with E-state index in [-0.39, 0.29) is 0 Å². The van der Waals surface area contributed by atoms with Crippen LogP contribution in [0.15, 0.2) is 11.8 Å². The molecular weight excluding hydrogens is 188 g/mol. The van der Waals surface area contributed by atoms with Crippen LogP contribution in [0.1, 0.15) is 13.3 Å². The summed E-state index contributed by atoms with van der Waals surface area (Å²) in [7, 11) is -3.37. The molecule has 0 spiro atoms. The molecule has 66 valence electrons. The fourth-order valence-corrected chi connectivity index (χ4v) is 1.19. The van der Waals surface area contributed by atoms with Crippen LogP contribution in [0.25, 0.3) is 0 Å². The lowest BCUT2D eigenvalue weighted by Crippen LogP contribution is -2.00. The van der Waals surface area contributed by atoms with Crippen LogP contribution in [0.5, 0.6) is 0 Å². The van der Waals surface area contributed by atoms with Crippen molar-refractivity contribution in [3.05, 3.63) is 11.8 Å². The molecule has 0 aliphatic carbocycles. The molecule has 0 saturated carbocycles. The zero-order chi connectivity index (χ0) is 8.91. The third-order valence-electron chi connectivity index (χ3n) is 0.824. The minimum absolute atomic E-state index is 0.369. The van der Waals surface area contributed by atoms with Crippen LogP contribution < -0.4 is 0 Å². The van der Waals surface area contributed by atoms with Gasteiger partial charge in [0.05, 0.1) is 6.26 Å². The summed E-state index contributed by atoms with van der Waals surface area (Å²) in [5.74, 6) is 0.831. The number of hydrogen-bond acceptors (Lipinski definition) is 3. The summed E-state index contributed by atoms with van der Waals surface area (Å²) in [6.45, 7) is 1.58. The third-order valence-corrected chi connectivity index (χ3v) is 1.61. The topological polar surface area (TPSA) is 43.4 Å². The lowest BCUT2D eigenvalue weighted by molar-refractivity contribution is 0.412. The molecule has 0 fully saturated rings. The van der Waals surface area contributed by atoms with Crippen LogP contribution in [0.2, 0.25) is 0 Å². The Bertz CT molecular complexity index is 230. The zero-order valence-corrected chi connectivity index (χ0v) is 8.07. The normalized spacial score (nSPS) is 13.2. The quantitative estimate of drug-likeness (QED) is 0.391. The molecule has 0 radical (unpaired) electrons. The van der Waals surface area contributed by atoms with E-state index in [9.17, 15) is 8.42 Å². The average molecular weight is 199 g/mol. The summed E-state index contributed by atoms with van der Waals surface area (Å²) in [5, 5.41) is 0. The largest absolute Gasteiger partial charge is 0.388 e. The molecule has 0 aliphatic heterocycles. The third kappa shape index (κ3) is 7.68. The highest BCUT2D eigenvalue weighted by atomic mass is 35.5. The predicted octanol–water partition coefficient (Wildman–Crippen LogP) is 1.50. The van der Waals surface area contributed by atoms with Gasteiger partial charge in [0.1, 0.15) is 5.76 Å².